The Morgan fingerprint density at radius 1 is 1.09 bits per heavy atom. The molecule has 0 aliphatic rings. The number of benzene rings is 1. The highest BCUT2D eigenvalue weighted by Crippen LogP contribution is 2.19. The average Bonchev–Trinajstić information content (AvgIpc) is 3.26. The summed E-state index contributed by atoms with van der Waals surface area (Å²) in [5.74, 6) is -0.771. The number of hydrogen-bond donors (Lipinski definition) is 2. The van der Waals surface area contributed by atoms with Crippen molar-refractivity contribution in [2.45, 2.75) is 17.5 Å². The van der Waals surface area contributed by atoms with Gasteiger partial charge in [-0.05, 0) is 48.2 Å². The van der Waals surface area contributed by atoms with Crippen LogP contribution in [0.3, 0.4) is 0 Å². The van der Waals surface area contributed by atoms with Gasteiger partial charge in [0.05, 0.1) is 16.8 Å². The van der Waals surface area contributed by atoms with Crippen molar-refractivity contribution in [1.82, 2.24) is 9.71 Å². The number of carbonyl (C=O) groups is 1. The van der Waals surface area contributed by atoms with Gasteiger partial charge in [-0.1, -0.05) is 6.07 Å². The molecular weight excluding hydrogens is 467 g/mol. The van der Waals surface area contributed by atoms with Gasteiger partial charge in [-0.15, -0.1) is 11.3 Å². The Morgan fingerprint density at radius 3 is 2.44 bits per heavy atom. The van der Waals surface area contributed by atoms with Crippen LogP contribution >= 0.6 is 11.3 Å². The van der Waals surface area contributed by atoms with Crippen LogP contribution in [0, 0.1) is 0 Å². The highest BCUT2D eigenvalue weighted by Gasteiger charge is 2.28. The zero-order chi connectivity index (χ0) is 23.2. The number of thiophene rings is 1. The molecule has 0 bridgehead atoms. The number of pyridine rings is 1. The van der Waals surface area contributed by atoms with Crippen LogP contribution in [-0.2, 0) is 16.4 Å². The number of hydrogen-bond acceptors (Lipinski definition) is 6. The second kappa shape index (κ2) is 10.1. The van der Waals surface area contributed by atoms with Crippen molar-refractivity contribution in [3.8, 4) is 5.88 Å². The van der Waals surface area contributed by atoms with Gasteiger partial charge in [0.2, 0.25) is 15.9 Å². The zero-order valence-corrected chi connectivity index (χ0v) is 18.1. The zero-order valence-electron chi connectivity index (χ0n) is 16.4. The van der Waals surface area contributed by atoms with Gasteiger partial charge in [0, 0.05) is 23.1 Å². The van der Waals surface area contributed by atoms with E-state index in [2.05, 4.69) is 19.8 Å². The second-order valence-corrected chi connectivity index (χ2v) is 9.29. The van der Waals surface area contributed by atoms with E-state index in [0.717, 1.165) is 11.1 Å². The van der Waals surface area contributed by atoms with Crippen LogP contribution in [0.15, 0.2) is 65.0 Å². The molecule has 12 heteroatoms. The molecule has 0 saturated carbocycles. The third-order valence-corrected chi connectivity index (χ3v) is 6.46. The monoisotopic (exact) mass is 485 g/mol. The minimum absolute atomic E-state index is 0.0214. The molecule has 2 N–H and O–H groups in total. The first-order valence-electron chi connectivity index (χ1n) is 9.21. The number of nitrogens with zero attached hydrogens (tertiary/aromatic N) is 1. The molecule has 7 nitrogen and oxygen atoms in total. The van der Waals surface area contributed by atoms with Crippen LogP contribution in [0.25, 0.3) is 0 Å². The summed E-state index contributed by atoms with van der Waals surface area (Å²) < 4.78 is 68.2. The molecule has 0 aliphatic carbocycles. The number of amides is 1. The van der Waals surface area contributed by atoms with E-state index in [1.165, 1.54) is 36.4 Å². The number of aromatic nitrogens is 1. The van der Waals surface area contributed by atoms with Crippen molar-refractivity contribution in [1.29, 1.82) is 0 Å². The minimum atomic E-state index is -4.48. The van der Waals surface area contributed by atoms with E-state index in [-0.39, 0.29) is 28.6 Å². The van der Waals surface area contributed by atoms with Crippen LogP contribution in [0.5, 0.6) is 5.88 Å². The minimum Gasteiger partial charge on any atom is -0.468 e. The lowest BCUT2D eigenvalue weighted by molar-refractivity contribution is -0.154. The molecule has 1 amide bonds. The Kier molecular flexibility index (Phi) is 7.48. The SMILES string of the molecule is O=C(Nc1ccc(OCC(F)(F)F)nc1)c1ccc(S(=O)(=O)NCCc2cccs2)cc1. The predicted octanol–water partition coefficient (Wildman–Crippen LogP) is 3.86. The maximum atomic E-state index is 12.4. The molecule has 0 saturated heterocycles. The summed E-state index contributed by atoms with van der Waals surface area (Å²) in [5.41, 5.74) is 0.432. The summed E-state index contributed by atoms with van der Waals surface area (Å²) in [6.07, 6.45) is -2.75. The van der Waals surface area contributed by atoms with Crippen LogP contribution < -0.4 is 14.8 Å². The smallest absolute Gasteiger partial charge is 0.422 e. The predicted molar refractivity (Wildman–Crippen MR) is 113 cm³/mol. The number of rotatable bonds is 9. The third-order valence-electron chi connectivity index (χ3n) is 4.05. The number of anilines is 1. The molecule has 3 rings (SSSR count). The van der Waals surface area contributed by atoms with E-state index >= 15 is 0 Å². The van der Waals surface area contributed by atoms with E-state index in [1.807, 2.05) is 17.5 Å². The standard InChI is InChI=1S/C20H18F3N3O4S2/c21-20(22,23)13-30-18-8-5-15(12-24-18)26-19(27)14-3-6-17(7-4-14)32(28,29)25-10-9-16-2-1-11-31-16/h1-8,11-12,25H,9-10,13H2,(H,26,27). The molecular formula is C20H18F3N3O4S2. The fourth-order valence-corrected chi connectivity index (χ4v) is 4.27. The van der Waals surface area contributed by atoms with Crippen molar-refractivity contribution in [3.63, 3.8) is 0 Å². The van der Waals surface area contributed by atoms with Gasteiger partial charge in [0.25, 0.3) is 5.91 Å². The normalized spacial score (nSPS) is 11.8. The quantitative estimate of drug-likeness (QED) is 0.480. The summed E-state index contributed by atoms with van der Waals surface area (Å²) in [7, 11) is -3.72. The molecule has 0 spiro atoms. The summed E-state index contributed by atoms with van der Waals surface area (Å²) in [6.45, 7) is -1.22. The number of carbonyl (C=O) groups excluding carboxylic acids is 1. The number of sulfonamides is 1. The maximum absolute atomic E-state index is 12.4. The molecule has 170 valence electrons. The van der Waals surface area contributed by atoms with Crippen LogP contribution in [0.1, 0.15) is 15.2 Å². The topological polar surface area (TPSA) is 97.4 Å². The van der Waals surface area contributed by atoms with Crippen molar-refractivity contribution >= 4 is 33.0 Å². The van der Waals surface area contributed by atoms with E-state index in [1.54, 1.807) is 11.3 Å². The first kappa shape index (κ1) is 23.7. The maximum Gasteiger partial charge on any atom is 0.422 e. The number of halogens is 3. The molecule has 0 unspecified atom stereocenters. The Hall–Kier alpha value is -2.96. The lowest BCUT2D eigenvalue weighted by atomic mass is 10.2. The largest absolute Gasteiger partial charge is 0.468 e. The van der Waals surface area contributed by atoms with Crippen molar-refractivity contribution in [2.75, 3.05) is 18.5 Å². The Balaban J connectivity index is 1.55. The summed E-state index contributed by atoms with van der Waals surface area (Å²) in [5, 5.41) is 4.44. The van der Waals surface area contributed by atoms with Gasteiger partial charge in [0.1, 0.15) is 0 Å². The van der Waals surface area contributed by atoms with E-state index in [9.17, 15) is 26.4 Å². The van der Waals surface area contributed by atoms with Crippen molar-refractivity contribution in [3.05, 3.63) is 70.5 Å². The van der Waals surface area contributed by atoms with E-state index in [4.69, 9.17) is 0 Å². The van der Waals surface area contributed by atoms with Gasteiger partial charge in [-0.2, -0.15) is 13.2 Å². The van der Waals surface area contributed by atoms with Gasteiger partial charge in [-0.25, -0.2) is 18.1 Å². The first-order chi connectivity index (χ1) is 15.1. The number of alkyl halides is 3. The third kappa shape index (κ3) is 7.04. The average molecular weight is 486 g/mol. The van der Waals surface area contributed by atoms with E-state index < -0.39 is 28.7 Å². The highest BCUT2D eigenvalue weighted by molar-refractivity contribution is 7.89. The van der Waals surface area contributed by atoms with Crippen molar-refractivity contribution in [2.24, 2.45) is 0 Å². The molecule has 2 heterocycles. The number of nitrogens with one attached hydrogen (secondary N) is 2. The highest BCUT2D eigenvalue weighted by atomic mass is 32.2. The molecule has 2 aromatic heterocycles. The Morgan fingerprint density at radius 2 is 1.84 bits per heavy atom. The number of ether oxygens (including phenoxy) is 1. The molecule has 1 aromatic carbocycles. The first-order valence-corrected chi connectivity index (χ1v) is 11.6. The molecule has 3 aromatic rings. The van der Waals surface area contributed by atoms with Gasteiger partial charge >= 0.3 is 6.18 Å². The molecule has 0 aliphatic heterocycles. The lowest BCUT2D eigenvalue weighted by Gasteiger charge is -2.10. The molecule has 32 heavy (non-hydrogen) atoms. The summed E-state index contributed by atoms with van der Waals surface area (Å²) >= 11 is 1.54. The fourth-order valence-electron chi connectivity index (χ4n) is 2.53. The van der Waals surface area contributed by atoms with Crippen molar-refractivity contribution < 1.29 is 31.1 Å². The van der Waals surface area contributed by atoms with Gasteiger partial charge < -0.3 is 10.1 Å². The molecule has 0 atom stereocenters. The van der Waals surface area contributed by atoms with Crippen LogP contribution in [0.4, 0.5) is 18.9 Å². The summed E-state index contributed by atoms with van der Waals surface area (Å²) in [4.78, 5) is 17.1. The fraction of sp³-hybridized carbons (Fsp3) is 0.200. The Bertz CT molecular complexity index is 1130. The summed E-state index contributed by atoms with van der Waals surface area (Å²) in [6, 6.07) is 11.7. The molecule has 0 fully saturated rings. The van der Waals surface area contributed by atoms with Gasteiger partial charge in [0.15, 0.2) is 6.61 Å². The van der Waals surface area contributed by atoms with Crippen LogP contribution in [0.2, 0.25) is 0 Å². The molecule has 0 radical (unpaired) electrons. The van der Waals surface area contributed by atoms with Gasteiger partial charge in [-0.3, -0.25) is 4.79 Å². The lowest BCUT2D eigenvalue weighted by Crippen LogP contribution is -2.26. The van der Waals surface area contributed by atoms with Crippen LogP contribution in [-0.4, -0.2) is 38.6 Å². The second-order valence-electron chi connectivity index (χ2n) is 6.49. The van der Waals surface area contributed by atoms with E-state index in [0.29, 0.717) is 6.42 Å². The Labute approximate surface area is 186 Å².